The van der Waals surface area contributed by atoms with Crippen molar-refractivity contribution in [1.29, 1.82) is 0 Å². The monoisotopic (exact) mass is 596 g/mol. The highest BCUT2D eigenvalue weighted by Gasteiger charge is 2.29. The van der Waals surface area contributed by atoms with Gasteiger partial charge in [-0.25, -0.2) is 0 Å². The molecule has 0 aromatic heterocycles. The Kier molecular flexibility index (Phi) is 10.9. The van der Waals surface area contributed by atoms with Crippen molar-refractivity contribution in [1.82, 2.24) is 0 Å². The fourth-order valence-electron chi connectivity index (χ4n) is 5.18. The van der Waals surface area contributed by atoms with E-state index in [9.17, 15) is 19.8 Å². The highest BCUT2D eigenvalue weighted by Crippen LogP contribution is 2.43. The van der Waals surface area contributed by atoms with Crippen LogP contribution in [-0.4, -0.2) is 28.9 Å². The van der Waals surface area contributed by atoms with Gasteiger partial charge in [-0.2, -0.15) is 0 Å². The molecule has 240 valence electrons. The number of hydrogen-bond acceptors (Lipinski definition) is 6. The summed E-state index contributed by atoms with van der Waals surface area (Å²) in [4.78, 5) is 25.4. The average Bonchev–Trinajstić information content (AvgIpc) is 2.81. The number of hydrogen-bond donors (Lipinski definition) is 2. The summed E-state index contributed by atoms with van der Waals surface area (Å²) in [5, 5.41) is 22.0. The molecule has 0 aliphatic carbocycles. The molecule has 0 amide bonds. The second-order valence-corrected chi connectivity index (χ2v) is 16.3. The predicted octanol–water partition coefficient (Wildman–Crippen LogP) is 9.02. The second kappa shape index (κ2) is 12.9. The molecule has 2 atom stereocenters. The molecule has 2 aromatic rings. The van der Waals surface area contributed by atoms with Crippen LogP contribution in [0.3, 0.4) is 0 Å². The number of phenols is 2. The molecular weight excluding hydrogens is 540 g/mol. The molecule has 0 heterocycles. The molecule has 6 nitrogen and oxygen atoms in total. The van der Waals surface area contributed by atoms with Crippen molar-refractivity contribution < 1.29 is 29.3 Å². The van der Waals surface area contributed by atoms with Gasteiger partial charge in [0.25, 0.3) is 0 Å². The van der Waals surface area contributed by atoms with Gasteiger partial charge in [-0.05, 0) is 66.9 Å². The van der Waals surface area contributed by atoms with Crippen molar-refractivity contribution in [2.45, 2.75) is 143 Å². The molecule has 43 heavy (non-hydrogen) atoms. The smallest absolute Gasteiger partial charge is 0.309 e. The van der Waals surface area contributed by atoms with E-state index in [0.717, 1.165) is 33.4 Å². The molecule has 0 aliphatic heterocycles. The van der Waals surface area contributed by atoms with Crippen LogP contribution in [0.5, 0.6) is 11.5 Å². The minimum absolute atomic E-state index is 0.116. The number of rotatable bonds is 8. The Labute approximate surface area is 260 Å². The van der Waals surface area contributed by atoms with E-state index in [0.29, 0.717) is 11.5 Å². The molecule has 0 bridgehead atoms. The fraction of sp³-hybridized carbons (Fsp3) is 0.622. The van der Waals surface area contributed by atoms with Crippen molar-refractivity contribution >= 4 is 11.9 Å². The summed E-state index contributed by atoms with van der Waals surface area (Å²) >= 11 is 0. The summed E-state index contributed by atoms with van der Waals surface area (Å²) in [7, 11) is 0. The van der Waals surface area contributed by atoms with E-state index in [1.807, 2.05) is 38.1 Å². The number of esters is 2. The number of benzene rings is 2. The number of phenolic OH excluding ortho intramolecular Hbond substituents is 2. The van der Waals surface area contributed by atoms with Crippen molar-refractivity contribution in [2.24, 2.45) is 0 Å². The van der Waals surface area contributed by atoms with Crippen molar-refractivity contribution in [2.75, 3.05) is 6.79 Å². The molecular formula is C37H56O6. The number of aromatic hydroxyl groups is 2. The molecule has 2 N–H and O–H groups in total. The van der Waals surface area contributed by atoms with Crippen LogP contribution in [0, 0.1) is 0 Å². The summed E-state index contributed by atoms with van der Waals surface area (Å²) in [5.41, 5.74) is 4.20. The first kappa shape index (κ1) is 36.2. The zero-order valence-electron chi connectivity index (χ0n) is 29.1. The van der Waals surface area contributed by atoms with Crippen LogP contribution in [-0.2, 0) is 40.7 Å². The maximum atomic E-state index is 12.7. The third-order valence-corrected chi connectivity index (χ3v) is 8.02. The van der Waals surface area contributed by atoms with Gasteiger partial charge in [0.2, 0.25) is 6.79 Å². The minimum atomic E-state index is -0.459. The SMILES string of the molecule is CC(CC(=O)OCOC(=O)CC(C)c1cc(C(C)(C)C)c(O)c(C(C)(C)C)c1)c1cc(C(C)(C)C)c(O)c(C(C)(C)C)c1. The predicted molar refractivity (Wildman–Crippen MR) is 174 cm³/mol. The van der Waals surface area contributed by atoms with Gasteiger partial charge in [-0.3, -0.25) is 9.59 Å². The Bertz CT molecular complexity index is 1140. The molecule has 2 rings (SSSR count). The van der Waals surface area contributed by atoms with Crippen molar-refractivity contribution in [3.8, 4) is 11.5 Å². The van der Waals surface area contributed by atoms with Crippen molar-refractivity contribution in [3.05, 3.63) is 57.6 Å². The summed E-state index contributed by atoms with van der Waals surface area (Å²) in [6, 6.07) is 7.90. The fourth-order valence-corrected chi connectivity index (χ4v) is 5.18. The summed E-state index contributed by atoms with van der Waals surface area (Å²) < 4.78 is 10.6. The Morgan fingerprint density at radius 1 is 0.558 bits per heavy atom. The summed E-state index contributed by atoms with van der Waals surface area (Å²) in [6.45, 7) is 28.1. The quantitative estimate of drug-likeness (QED) is 0.233. The van der Waals surface area contributed by atoms with E-state index >= 15 is 0 Å². The van der Waals surface area contributed by atoms with E-state index in [2.05, 4.69) is 83.1 Å². The third kappa shape index (κ3) is 9.48. The molecule has 0 aliphatic rings. The van der Waals surface area contributed by atoms with Crippen LogP contribution >= 0.6 is 0 Å². The van der Waals surface area contributed by atoms with Crippen molar-refractivity contribution in [3.63, 3.8) is 0 Å². The molecule has 0 spiro atoms. The van der Waals surface area contributed by atoms with Gasteiger partial charge >= 0.3 is 11.9 Å². The Morgan fingerprint density at radius 2 is 0.791 bits per heavy atom. The van der Waals surface area contributed by atoms with Gasteiger partial charge in [0.05, 0.1) is 12.8 Å². The van der Waals surface area contributed by atoms with E-state index < -0.39 is 18.7 Å². The second-order valence-electron chi connectivity index (χ2n) is 16.3. The van der Waals surface area contributed by atoms with Crippen LogP contribution in [0.2, 0.25) is 0 Å². The van der Waals surface area contributed by atoms with Crippen LogP contribution in [0.15, 0.2) is 24.3 Å². The van der Waals surface area contributed by atoms with E-state index in [1.54, 1.807) is 0 Å². The van der Waals surface area contributed by atoms with Gasteiger partial charge in [0.1, 0.15) is 11.5 Å². The first-order chi connectivity index (χ1) is 19.3. The van der Waals surface area contributed by atoms with Gasteiger partial charge in [-0.1, -0.05) is 121 Å². The molecule has 0 saturated heterocycles. The third-order valence-electron chi connectivity index (χ3n) is 8.02. The van der Waals surface area contributed by atoms with Gasteiger partial charge in [-0.15, -0.1) is 0 Å². The lowest BCUT2D eigenvalue weighted by Crippen LogP contribution is -2.19. The Balaban J connectivity index is 2.07. The minimum Gasteiger partial charge on any atom is -0.507 e. The molecule has 6 heteroatoms. The molecule has 0 saturated carbocycles. The summed E-state index contributed by atoms with van der Waals surface area (Å²) in [6.07, 6.45) is 0.231. The zero-order valence-corrected chi connectivity index (χ0v) is 29.1. The largest absolute Gasteiger partial charge is 0.507 e. The number of ether oxygens (including phenoxy) is 2. The normalized spacial score (nSPS) is 14.3. The average molecular weight is 597 g/mol. The maximum Gasteiger partial charge on any atom is 0.309 e. The van der Waals surface area contributed by atoms with Crippen LogP contribution in [0.4, 0.5) is 0 Å². The van der Waals surface area contributed by atoms with Crippen LogP contribution in [0.25, 0.3) is 0 Å². The molecule has 0 fully saturated rings. The highest BCUT2D eigenvalue weighted by atomic mass is 16.7. The highest BCUT2D eigenvalue weighted by molar-refractivity contribution is 5.72. The van der Waals surface area contributed by atoms with Gasteiger partial charge in [0.15, 0.2) is 0 Å². The Morgan fingerprint density at radius 3 is 1.00 bits per heavy atom. The van der Waals surface area contributed by atoms with E-state index in [4.69, 9.17) is 9.47 Å². The molecule has 2 unspecified atom stereocenters. The van der Waals surface area contributed by atoms with E-state index in [1.165, 1.54) is 0 Å². The van der Waals surface area contributed by atoms with E-state index in [-0.39, 0.29) is 46.3 Å². The number of carbonyl (C=O) groups excluding carboxylic acids is 2. The molecule has 2 aromatic carbocycles. The lowest BCUT2D eigenvalue weighted by molar-refractivity contribution is -0.167. The number of carbonyl (C=O) groups is 2. The summed E-state index contributed by atoms with van der Waals surface area (Å²) in [5.74, 6) is -0.630. The maximum absolute atomic E-state index is 12.7. The van der Waals surface area contributed by atoms with Crippen LogP contribution in [0.1, 0.15) is 155 Å². The molecule has 0 radical (unpaired) electrons. The topological polar surface area (TPSA) is 93.1 Å². The first-order valence-corrected chi connectivity index (χ1v) is 15.4. The lowest BCUT2D eigenvalue weighted by Gasteiger charge is -2.29. The Hall–Kier alpha value is -3.02. The van der Waals surface area contributed by atoms with Crippen LogP contribution < -0.4 is 0 Å². The van der Waals surface area contributed by atoms with Gasteiger partial charge < -0.3 is 19.7 Å². The van der Waals surface area contributed by atoms with Gasteiger partial charge in [0, 0.05) is 0 Å². The lowest BCUT2D eigenvalue weighted by atomic mass is 9.77. The zero-order chi connectivity index (χ0) is 33.3. The first-order valence-electron chi connectivity index (χ1n) is 15.4. The standard InChI is InChI=1S/C37H56O6/c1-22(24-17-26(34(3,4)5)32(40)27(18-24)35(6,7)8)15-30(38)42-21-43-31(39)16-23(2)25-19-28(36(9,10)11)33(41)29(20-25)37(12,13)14/h17-20,22-23,40-41H,15-16,21H2,1-14H3.